The lowest BCUT2D eigenvalue weighted by molar-refractivity contribution is 0.0625. The van der Waals surface area contributed by atoms with Crippen LogP contribution in [-0.4, -0.2) is 46.9 Å². The van der Waals surface area contributed by atoms with Gasteiger partial charge in [0, 0.05) is 48.8 Å². The van der Waals surface area contributed by atoms with Gasteiger partial charge < -0.3 is 4.90 Å². The van der Waals surface area contributed by atoms with Crippen molar-refractivity contribution in [2.75, 3.05) is 26.2 Å². The SMILES string of the molecule is Cc1nc(CSc2ccccc2C(=O)N2CCN(Cc3ccccc3)CC2)cs1. The molecule has 1 aromatic heterocycles. The van der Waals surface area contributed by atoms with E-state index in [-0.39, 0.29) is 5.91 Å². The highest BCUT2D eigenvalue weighted by Gasteiger charge is 2.23. The lowest BCUT2D eigenvalue weighted by atomic mass is 10.1. The zero-order chi connectivity index (χ0) is 20.1. The molecule has 0 atom stereocenters. The zero-order valence-corrected chi connectivity index (χ0v) is 18.2. The molecule has 3 aromatic rings. The molecule has 0 unspecified atom stereocenters. The fourth-order valence-electron chi connectivity index (χ4n) is 3.52. The predicted octanol–water partition coefficient (Wildman–Crippen LogP) is 4.70. The number of carbonyl (C=O) groups is 1. The zero-order valence-electron chi connectivity index (χ0n) is 16.6. The minimum atomic E-state index is 0.141. The van der Waals surface area contributed by atoms with E-state index in [0.717, 1.165) is 59.6 Å². The molecule has 1 saturated heterocycles. The maximum absolute atomic E-state index is 13.2. The minimum Gasteiger partial charge on any atom is -0.336 e. The Balaban J connectivity index is 1.36. The summed E-state index contributed by atoms with van der Waals surface area (Å²) in [6.07, 6.45) is 0. The maximum atomic E-state index is 13.2. The van der Waals surface area contributed by atoms with Gasteiger partial charge in [-0.2, -0.15) is 0 Å². The van der Waals surface area contributed by atoms with E-state index in [1.807, 2.05) is 42.2 Å². The number of thiazole rings is 1. The number of amides is 1. The molecule has 29 heavy (non-hydrogen) atoms. The standard InChI is InChI=1S/C23H25N3OS2/c1-18-24-20(16-28-18)17-29-22-10-6-5-9-21(22)23(27)26-13-11-25(12-14-26)15-19-7-3-2-4-8-19/h2-10,16H,11-15,17H2,1H3. The second kappa shape index (κ2) is 9.57. The van der Waals surface area contributed by atoms with Crippen molar-refractivity contribution in [3.63, 3.8) is 0 Å². The second-order valence-corrected chi connectivity index (χ2v) is 9.28. The molecule has 150 valence electrons. The number of hydrogen-bond donors (Lipinski definition) is 0. The molecule has 4 nitrogen and oxygen atoms in total. The Morgan fingerprint density at radius 1 is 1.03 bits per heavy atom. The number of thioether (sulfide) groups is 1. The van der Waals surface area contributed by atoms with E-state index in [9.17, 15) is 4.79 Å². The van der Waals surface area contributed by atoms with Gasteiger partial charge in [0.15, 0.2) is 0 Å². The van der Waals surface area contributed by atoms with E-state index in [1.165, 1.54) is 5.56 Å². The quantitative estimate of drug-likeness (QED) is 0.539. The Kier molecular flexibility index (Phi) is 6.64. The number of aromatic nitrogens is 1. The molecule has 6 heteroatoms. The third-order valence-electron chi connectivity index (χ3n) is 5.07. The largest absolute Gasteiger partial charge is 0.336 e. The Morgan fingerprint density at radius 2 is 1.76 bits per heavy atom. The summed E-state index contributed by atoms with van der Waals surface area (Å²) < 4.78 is 0. The van der Waals surface area contributed by atoms with Crippen molar-refractivity contribution in [1.82, 2.24) is 14.8 Å². The van der Waals surface area contributed by atoms with E-state index in [4.69, 9.17) is 0 Å². The van der Waals surface area contributed by atoms with Crippen LogP contribution < -0.4 is 0 Å². The third kappa shape index (κ3) is 5.26. The number of nitrogens with zero attached hydrogens (tertiary/aromatic N) is 3. The molecule has 0 spiro atoms. The van der Waals surface area contributed by atoms with Gasteiger partial charge in [-0.15, -0.1) is 23.1 Å². The van der Waals surface area contributed by atoms with E-state index in [0.29, 0.717) is 0 Å². The fourth-order valence-corrected chi connectivity index (χ4v) is 5.17. The third-order valence-corrected chi connectivity index (χ3v) is 7.00. The predicted molar refractivity (Wildman–Crippen MR) is 120 cm³/mol. The van der Waals surface area contributed by atoms with Gasteiger partial charge in [0.25, 0.3) is 5.91 Å². The summed E-state index contributed by atoms with van der Waals surface area (Å²) in [6.45, 7) is 6.34. The van der Waals surface area contributed by atoms with Crippen molar-refractivity contribution >= 4 is 29.0 Å². The molecule has 2 aromatic carbocycles. The molecule has 1 fully saturated rings. The summed E-state index contributed by atoms with van der Waals surface area (Å²) in [5.41, 5.74) is 3.21. The molecular weight excluding hydrogens is 398 g/mol. The topological polar surface area (TPSA) is 36.4 Å². The summed E-state index contributed by atoms with van der Waals surface area (Å²) >= 11 is 3.36. The smallest absolute Gasteiger partial charge is 0.255 e. The van der Waals surface area contributed by atoms with Crippen LogP contribution in [0.3, 0.4) is 0 Å². The molecule has 1 aliphatic rings. The first-order valence-corrected chi connectivity index (χ1v) is 11.7. The maximum Gasteiger partial charge on any atom is 0.255 e. The number of piperazine rings is 1. The molecular formula is C23H25N3OS2. The Bertz CT molecular complexity index is 950. The molecule has 0 radical (unpaired) electrons. The van der Waals surface area contributed by atoms with Crippen LogP contribution in [0.1, 0.15) is 26.6 Å². The summed E-state index contributed by atoms with van der Waals surface area (Å²) in [7, 11) is 0. The van der Waals surface area contributed by atoms with E-state index in [1.54, 1.807) is 23.1 Å². The summed E-state index contributed by atoms with van der Waals surface area (Å²) in [4.78, 5) is 23.2. The second-order valence-electron chi connectivity index (χ2n) is 7.20. The van der Waals surface area contributed by atoms with E-state index in [2.05, 4.69) is 39.5 Å². The molecule has 2 heterocycles. The number of hydrogen-bond acceptors (Lipinski definition) is 5. The highest BCUT2D eigenvalue weighted by molar-refractivity contribution is 7.98. The van der Waals surface area contributed by atoms with Crippen molar-refractivity contribution < 1.29 is 4.79 Å². The van der Waals surface area contributed by atoms with Gasteiger partial charge in [-0.3, -0.25) is 9.69 Å². The molecule has 0 bridgehead atoms. The van der Waals surface area contributed by atoms with Crippen LogP contribution in [0.4, 0.5) is 0 Å². The molecule has 1 amide bonds. The number of carbonyl (C=O) groups excluding carboxylic acids is 1. The van der Waals surface area contributed by atoms with Crippen LogP contribution in [0.25, 0.3) is 0 Å². The highest BCUT2D eigenvalue weighted by Crippen LogP contribution is 2.28. The molecule has 0 N–H and O–H groups in total. The van der Waals surface area contributed by atoms with Crippen molar-refractivity contribution in [1.29, 1.82) is 0 Å². The monoisotopic (exact) mass is 423 g/mol. The number of aryl methyl sites for hydroxylation is 1. The summed E-state index contributed by atoms with van der Waals surface area (Å²) in [5.74, 6) is 0.932. The first-order chi connectivity index (χ1) is 14.2. The van der Waals surface area contributed by atoms with Crippen LogP contribution in [0.5, 0.6) is 0 Å². The minimum absolute atomic E-state index is 0.141. The average molecular weight is 424 g/mol. The Labute approximate surface area is 180 Å². The van der Waals surface area contributed by atoms with Gasteiger partial charge in [-0.1, -0.05) is 42.5 Å². The van der Waals surface area contributed by atoms with E-state index < -0.39 is 0 Å². The van der Waals surface area contributed by atoms with Gasteiger partial charge in [-0.25, -0.2) is 4.98 Å². The lowest BCUT2D eigenvalue weighted by Crippen LogP contribution is -2.48. The van der Waals surface area contributed by atoms with Crippen LogP contribution in [0.2, 0.25) is 0 Å². The fraction of sp³-hybridized carbons (Fsp3) is 0.304. The highest BCUT2D eigenvalue weighted by atomic mass is 32.2. The van der Waals surface area contributed by atoms with Gasteiger partial charge >= 0.3 is 0 Å². The van der Waals surface area contributed by atoms with Gasteiger partial charge in [0.2, 0.25) is 0 Å². The van der Waals surface area contributed by atoms with E-state index >= 15 is 0 Å². The molecule has 0 saturated carbocycles. The van der Waals surface area contributed by atoms with Crippen molar-refractivity contribution in [3.05, 3.63) is 81.8 Å². The number of rotatable bonds is 6. The van der Waals surface area contributed by atoms with Crippen LogP contribution in [0.15, 0.2) is 64.9 Å². The molecule has 1 aliphatic heterocycles. The van der Waals surface area contributed by atoms with Crippen molar-refractivity contribution in [3.8, 4) is 0 Å². The molecule has 4 rings (SSSR count). The first-order valence-electron chi connectivity index (χ1n) is 9.87. The molecule has 0 aliphatic carbocycles. The lowest BCUT2D eigenvalue weighted by Gasteiger charge is -2.35. The van der Waals surface area contributed by atoms with Crippen LogP contribution >= 0.6 is 23.1 Å². The van der Waals surface area contributed by atoms with Crippen LogP contribution in [0, 0.1) is 6.92 Å². The van der Waals surface area contributed by atoms with Gasteiger partial charge in [0.05, 0.1) is 16.3 Å². The Hall–Kier alpha value is -2.15. The summed E-state index contributed by atoms with van der Waals surface area (Å²) in [5, 5.41) is 3.18. The normalized spacial score (nSPS) is 14.9. The van der Waals surface area contributed by atoms with Crippen LogP contribution in [-0.2, 0) is 12.3 Å². The first kappa shape index (κ1) is 20.1. The van der Waals surface area contributed by atoms with Gasteiger partial charge in [0.1, 0.15) is 0 Å². The average Bonchev–Trinajstić information content (AvgIpc) is 3.18. The summed E-state index contributed by atoms with van der Waals surface area (Å²) in [6, 6.07) is 18.5. The number of benzene rings is 2. The van der Waals surface area contributed by atoms with Crippen molar-refractivity contribution in [2.24, 2.45) is 0 Å². The Morgan fingerprint density at radius 3 is 2.48 bits per heavy atom. The van der Waals surface area contributed by atoms with Gasteiger partial charge in [-0.05, 0) is 24.6 Å². The van der Waals surface area contributed by atoms with Crippen molar-refractivity contribution in [2.45, 2.75) is 24.1 Å².